The van der Waals surface area contributed by atoms with Crippen LogP contribution in [0.15, 0.2) is 24.3 Å². The number of imide groups is 2. The van der Waals surface area contributed by atoms with E-state index in [2.05, 4.69) is 0 Å². The van der Waals surface area contributed by atoms with Gasteiger partial charge in [-0.3, -0.25) is 29.0 Å². The zero-order chi connectivity index (χ0) is 13.8. The maximum atomic E-state index is 11.1. The molecule has 2 rings (SSSR count). The van der Waals surface area contributed by atoms with Crippen LogP contribution in [0.1, 0.15) is 0 Å². The van der Waals surface area contributed by atoms with E-state index in [1.54, 1.807) is 0 Å². The van der Waals surface area contributed by atoms with Gasteiger partial charge in [-0.15, -0.1) is 0 Å². The normalized spacial score (nSPS) is 18.3. The zero-order valence-electron chi connectivity index (χ0n) is 9.77. The molecule has 8 nitrogen and oxygen atoms in total. The number of nitrogens with zero attached hydrogens (tertiary/aromatic N) is 2. The molecule has 0 atom stereocenters. The van der Waals surface area contributed by atoms with Crippen LogP contribution in [-0.2, 0) is 28.7 Å². The smallest absolute Gasteiger partial charge is 0.255 e. The van der Waals surface area contributed by atoms with Gasteiger partial charge in [-0.2, -0.15) is 0 Å². The van der Waals surface area contributed by atoms with E-state index in [9.17, 15) is 19.2 Å². The van der Waals surface area contributed by atoms with Gasteiger partial charge in [0.1, 0.15) is 13.5 Å². The van der Waals surface area contributed by atoms with Crippen molar-refractivity contribution in [1.29, 1.82) is 0 Å². The van der Waals surface area contributed by atoms with Crippen molar-refractivity contribution in [3.05, 3.63) is 24.3 Å². The van der Waals surface area contributed by atoms with Crippen LogP contribution in [0.2, 0.25) is 0 Å². The van der Waals surface area contributed by atoms with Crippen molar-refractivity contribution in [2.75, 3.05) is 20.3 Å². The van der Waals surface area contributed by atoms with E-state index >= 15 is 0 Å². The number of hydrogen-bond acceptors (Lipinski definition) is 6. The maximum Gasteiger partial charge on any atom is 0.255 e. The first-order chi connectivity index (χ1) is 9.09. The highest BCUT2D eigenvalue weighted by atomic mass is 16.7. The summed E-state index contributed by atoms with van der Waals surface area (Å²) in [5.74, 6) is -1.84. The molecule has 0 aromatic heterocycles. The van der Waals surface area contributed by atoms with Gasteiger partial charge in [0, 0.05) is 24.3 Å². The SMILES string of the molecule is O=C1C=CC(=O)N1COCOCN1C(=O)C=CC1=O. The van der Waals surface area contributed by atoms with Crippen molar-refractivity contribution in [2.45, 2.75) is 0 Å². The van der Waals surface area contributed by atoms with Crippen LogP contribution in [0, 0.1) is 0 Å². The molecule has 0 radical (unpaired) electrons. The fourth-order valence-corrected chi connectivity index (χ4v) is 1.43. The molecule has 100 valence electrons. The number of ether oxygens (including phenoxy) is 2. The summed E-state index contributed by atoms with van der Waals surface area (Å²) in [4.78, 5) is 46.3. The van der Waals surface area contributed by atoms with Gasteiger partial charge in [-0.05, 0) is 0 Å². The molecule has 0 bridgehead atoms. The van der Waals surface area contributed by atoms with E-state index in [0.717, 1.165) is 34.1 Å². The number of hydrogen-bond donors (Lipinski definition) is 0. The maximum absolute atomic E-state index is 11.1. The Morgan fingerprint density at radius 1 is 0.684 bits per heavy atom. The number of carbonyl (C=O) groups is 4. The Morgan fingerprint density at radius 2 is 1.00 bits per heavy atom. The summed E-state index contributed by atoms with van der Waals surface area (Å²) < 4.78 is 9.88. The van der Waals surface area contributed by atoms with Gasteiger partial charge < -0.3 is 9.47 Å². The van der Waals surface area contributed by atoms with E-state index in [1.807, 2.05) is 0 Å². The molecule has 4 amide bonds. The minimum atomic E-state index is -0.459. The fourth-order valence-electron chi connectivity index (χ4n) is 1.43. The Kier molecular flexibility index (Phi) is 3.83. The van der Waals surface area contributed by atoms with Crippen molar-refractivity contribution < 1.29 is 28.7 Å². The van der Waals surface area contributed by atoms with Crippen molar-refractivity contribution in [2.24, 2.45) is 0 Å². The standard InChI is InChI=1S/C11H10N2O6/c14-8-1-2-9(15)12(8)5-18-7-19-6-13-10(16)3-4-11(13)17/h1-4H,5-7H2. The van der Waals surface area contributed by atoms with E-state index in [1.165, 1.54) is 0 Å². The van der Waals surface area contributed by atoms with Crippen molar-refractivity contribution in [3.8, 4) is 0 Å². The van der Waals surface area contributed by atoms with Crippen LogP contribution in [0.4, 0.5) is 0 Å². The lowest BCUT2D eigenvalue weighted by Crippen LogP contribution is -2.34. The third-order valence-electron chi connectivity index (χ3n) is 2.41. The Labute approximate surface area is 107 Å². The highest BCUT2D eigenvalue weighted by molar-refractivity contribution is 6.13. The molecule has 0 N–H and O–H groups in total. The van der Waals surface area contributed by atoms with Gasteiger partial charge in [0.25, 0.3) is 23.6 Å². The molecule has 0 fully saturated rings. The number of amides is 4. The molecule has 0 saturated carbocycles. The first-order valence-electron chi connectivity index (χ1n) is 5.32. The summed E-state index contributed by atoms with van der Waals surface area (Å²) in [5.41, 5.74) is 0. The Morgan fingerprint density at radius 3 is 1.32 bits per heavy atom. The van der Waals surface area contributed by atoms with Gasteiger partial charge in [0.15, 0.2) is 6.79 Å². The third-order valence-corrected chi connectivity index (χ3v) is 2.41. The van der Waals surface area contributed by atoms with Crippen LogP contribution in [0.5, 0.6) is 0 Å². The second-order valence-corrected chi connectivity index (χ2v) is 3.66. The predicted molar refractivity (Wildman–Crippen MR) is 58.8 cm³/mol. The van der Waals surface area contributed by atoms with Gasteiger partial charge in [0.2, 0.25) is 0 Å². The summed E-state index contributed by atoms with van der Waals surface area (Å²) in [5, 5.41) is 0. The van der Waals surface area contributed by atoms with Crippen LogP contribution >= 0.6 is 0 Å². The van der Waals surface area contributed by atoms with E-state index in [-0.39, 0.29) is 20.3 Å². The first-order valence-corrected chi connectivity index (χ1v) is 5.32. The molecule has 0 spiro atoms. The predicted octanol–water partition coefficient (Wildman–Crippen LogP) is -1.26. The Bertz CT molecular complexity index is 415. The van der Waals surface area contributed by atoms with Crippen LogP contribution in [-0.4, -0.2) is 53.7 Å². The lowest BCUT2D eigenvalue weighted by Gasteiger charge is -2.16. The molecule has 0 aliphatic carbocycles. The fraction of sp³-hybridized carbons (Fsp3) is 0.273. The minimum absolute atomic E-state index is 0.245. The van der Waals surface area contributed by atoms with Crippen LogP contribution in [0.3, 0.4) is 0 Å². The summed E-state index contributed by atoms with van der Waals surface area (Å²) in [6, 6.07) is 0. The van der Waals surface area contributed by atoms with Gasteiger partial charge in [-0.1, -0.05) is 0 Å². The van der Waals surface area contributed by atoms with Gasteiger partial charge in [0.05, 0.1) is 0 Å². The highest BCUT2D eigenvalue weighted by Gasteiger charge is 2.24. The van der Waals surface area contributed by atoms with Gasteiger partial charge in [-0.25, -0.2) is 0 Å². The van der Waals surface area contributed by atoms with Crippen molar-refractivity contribution in [1.82, 2.24) is 9.80 Å². The molecule has 19 heavy (non-hydrogen) atoms. The second kappa shape index (κ2) is 5.55. The van der Waals surface area contributed by atoms with Crippen LogP contribution < -0.4 is 0 Å². The Hall–Kier alpha value is -2.32. The quantitative estimate of drug-likeness (QED) is 0.338. The molecule has 0 aromatic rings. The zero-order valence-corrected chi connectivity index (χ0v) is 9.77. The monoisotopic (exact) mass is 266 g/mol. The second-order valence-electron chi connectivity index (χ2n) is 3.66. The lowest BCUT2D eigenvalue weighted by molar-refractivity contribution is -0.157. The van der Waals surface area contributed by atoms with E-state index in [4.69, 9.17) is 9.47 Å². The molecular formula is C11H10N2O6. The average molecular weight is 266 g/mol. The minimum Gasteiger partial charge on any atom is -0.334 e. The topological polar surface area (TPSA) is 93.2 Å². The lowest BCUT2D eigenvalue weighted by atomic mass is 10.6. The summed E-state index contributed by atoms with van der Waals surface area (Å²) in [6.45, 7) is -0.746. The average Bonchev–Trinajstić information content (AvgIpc) is 2.86. The first kappa shape index (κ1) is 13.1. The summed E-state index contributed by atoms with van der Waals surface area (Å²) in [7, 11) is 0. The Balaban J connectivity index is 1.63. The molecular weight excluding hydrogens is 256 g/mol. The molecule has 2 aliphatic heterocycles. The third kappa shape index (κ3) is 2.92. The summed E-state index contributed by atoms with van der Waals surface area (Å²) in [6.07, 6.45) is 4.55. The van der Waals surface area contributed by atoms with Crippen molar-refractivity contribution in [3.63, 3.8) is 0 Å². The number of rotatable bonds is 6. The molecule has 0 saturated heterocycles. The summed E-state index contributed by atoms with van der Waals surface area (Å²) >= 11 is 0. The molecule has 2 aliphatic rings. The van der Waals surface area contributed by atoms with E-state index < -0.39 is 23.6 Å². The van der Waals surface area contributed by atoms with Crippen LogP contribution in [0.25, 0.3) is 0 Å². The molecule has 0 unspecified atom stereocenters. The molecule has 2 heterocycles. The molecule has 0 aromatic carbocycles. The number of carbonyl (C=O) groups excluding carboxylic acids is 4. The van der Waals surface area contributed by atoms with Gasteiger partial charge >= 0.3 is 0 Å². The van der Waals surface area contributed by atoms with Crippen molar-refractivity contribution >= 4 is 23.6 Å². The largest absolute Gasteiger partial charge is 0.334 e. The highest BCUT2D eigenvalue weighted by Crippen LogP contribution is 2.04. The van der Waals surface area contributed by atoms with E-state index in [0.29, 0.717) is 0 Å². The molecule has 8 heteroatoms.